The molecular formula is C29H22F3P. The van der Waals surface area contributed by atoms with Crippen LogP contribution in [0.3, 0.4) is 0 Å². The molecule has 5 rings (SSSR count). The monoisotopic (exact) mass is 458 g/mol. The molecule has 0 saturated heterocycles. The van der Waals surface area contributed by atoms with Crippen molar-refractivity contribution >= 4 is 50.6 Å². The highest BCUT2D eigenvalue weighted by Gasteiger charge is 2.33. The zero-order valence-electron chi connectivity index (χ0n) is 18.1. The molecule has 0 aromatic heterocycles. The van der Waals surface area contributed by atoms with Crippen LogP contribution in [-0.4, -0.2) is 6.30 Å². The van der Waals surface area contributed by atoms with Crippen LogP contribution in [0.25, 0.3) is 21.5 Å². The summed E-state index contributed by atoms with van der Waals surface area (Å²) in [5.41, 5.74) is 0.406. The van der Waals surface area contributed by atoms with Crippen molar-refractivity contribution in [2.45, 2.75) is 13.1 Å². The topological polar surface area (TPSA) is 0 Å². The lowest BCUT2D eigenvalue weighted by atomic mass is 10.0. The molecule has 33 heavy (non-hydrogen) atoms. The Morgan fingerprint density at radius 3 is 1.94 bits per heavy atom. The van der Waals surface area contributed by atoms with E-state index >= 15 is 0 Å². The van der Waals surface area contributed by atoms with Crippen LogP contribution in [0.1, 0.15) is 11.1 Å². The van der Waals surface area contributed by atoms with E-state index in [2.05, 4.69) is 36.4 Å². The fourth-order valence-electron chi connectivity index (χ4n) is 4.56. The average molecular weight is 458 g/mol. The zero-order valence-corrected chi connectivity index (χ0v) is 19.0. The van der Waals surface area contributed by atoms with Crippen molar-refractivity contribution in [2.24, 2.45) is 0 Å². The molecule has 5 aromatic rings. The van der Waals surface area contributed by atoms with E-state index < -0.39 is 18.6 Å². The van der Waals surface area contributed by atoms with E-state index in [1.165, 1.54) is 12.1 Å². The number of rotatable bonds is 3. The van der Waals surface area contributed by atoms with Crippen molar-refractivity contribution in [3.63, 3.8) is 0 Å². The van der Waals surface area contributed by atoms with Crippen molar-refractivity contribution < 1.29 is 13.2 Å². The van der Waals surface area contributed by atoms with Gasteiger partial charge < -0.3 is 0 Å². The summed E-state index contributed by atoms with van der Waals surface area (Å²) in [6.45, 7) is -0.651. The minimum Gasteiger partial charge on any atom is -0.166 e. The van der Waals surface area contributed by atoms with Crippen LogP contribution in [0.15, 0.2) is 103 Å². The maximum atomic E-state index is 13.7. The minimum absolute atomic E-state index is 0.614. The number of halogens is 3. The highest BCUT2D eigenvalue weighted by molar-refractivity contribution is 7.93. The molecule has 0 radical (unpaired) electrons. The van der Waals surface area contributed by atoms with Gasteiger partial charge in [-0.25, -0.2) is 0 Å². The summed E-state index contributed by atoms with van der Waals surface area (Å²) in [6, 6.07) is 32.1. The summed E-state index contributed by atoms with van der Waals surface area (Å²) in [5.74, 6) is 0. The number of hydrogen-bond acceptors (Lipinski definition) is 0. The molecular weight excluding hydrogens is 436 g/mol. The van der Waals surface area contributed by atoms with E-state index in [-0.39, 0.29) is 0 Å². The van der Waals surface area contributed by atoms with Crippen molar-refractivity contribution in [3.05, 3.63) is 114 Å². The largest absolute Gasteiger partial charge is 0.416 e. The fraction of sp³-hybridized carbons (Fsp3) is 0.0690. The quantitative estimate of drug-likeness (QED) is 0.201. The molecule has 0 saturated carbocycles. The number of benzene rings is 5. The Kier molecular flexibility index (Phi) is 5.18. The first-order chi connectivity index (χ1) is 15.8. The molecule has 0 heterocycles. The number of fused-ring (bicyclic) bond motifs is 3. The summed E-state index contributed by atoms with van der Waals surface area (Å²) in [6.07, 6.45) is 0.328. The Morgan fingerprint density at radius 2 is 1.24 bits per heavy atom. The van der Waals surface area contributed by atoms with E-state index in [9.17, 15) is 13.2 Å². The molecule has 5 aromatic carbocycles. The molecule has 1 atom stereocenters. The summed E-state index contributed by atoms with van der Waals surface area (Å²) < 4.78 is 41.0. The van der Waals surface area contributed by atoms with Gasteiger partial charge in [0, 0.05) is 0 Å². The number of hydrogen-bond donors (Lipinski definition) is 0. The van der Waals surface area contributed by atoms with Crippen LogP contribution in [0.2, 0.25) is 0 Å². The van der Waals surface area contributed by atoms with Gasteiger partial charge in [0.15, 0.2) is 0 Å². The second-order valence-corrected chi connectivity index (χ2v) is 11.5. The highest BCUT2D eigenvalue weighted by Crippen LogP contribution is 2.46. The van der Waals surface area contributed by atoms with E-state index in [1.54, 1.807) is 6.07 Å². The first-order valence-electron chi connectivity index (χ1n) is 10.7. The molecule has 0 N–H and O–H groups in total. The lowest BCUT2D eigenvalue weighted by Crippen LogP contribution is -2.27. The van der Waals surface area contributed by atoms with Crippen LogP contribution >= 0.6 is 6.89 Å². The van der Waals surface area contributed by atoms with Gasteiger partial charge in [-0.2, -0.15) is 13.2 Å². The third-order valence-electron chi connectivity index (χ3n) is 6.21. The maximum Gasteiger partial charge on any atom is 0.416 e. The van der Waals surface area contributed by atoms with Gasteiger partial charge in [0.05, 0.1) is 5.56 Å². The van der Waals surface area contributed by atoms with Crippen LogP contribution in [0, 0.1) is 6.92 Å². The van der Waals surface area contributed by atoms with E-state index in [1.807, 2.05) is 49.4 Å². The van der Waals surface area contributed by atoms with Gasteiger partial charge in [-0.05, 0) is 69.5 Å². The normalized spacial score (nSPS) is 13.8. The number of aryl methyl sites for hydroxylation is 1. The van der Waals surface area contributed by atoms with Crippen molar-refractivity contribution in [2.75, 3.05) is 0 Å². The zero-order chi connectivity index (χ0) is 23.2. The predicted molar refractivity (Wildman–Crippen MR) is 137 cm³/mol. The van der Waals surface area contributed by atoms with Gasteiger partial charge >= 0.3 is 6.18 Å². The third-order valence-corrected chi connectivity index (χ3v) is 9.73. The number of alkyl halides is 3. The molecule has 0 fully saturated rings. The highest BCUT2D eigenvalue weighted by atomic mass is 31.2. The van der Waals surface area contributed by atoms with Crippen LogP contribution < -0.4 is 15.9 Å². The standard InChI is InChI=1S/C29H22F3P/c1-20-9-7-12-23(17-20)33(2,24-13-8-11-22(19-24)29(30,31)32)28-18-21-10-3-4-14-25(21)26-15-5-6-16-27(26)28/h3-19H,2H2,1H3. The van der Waals surface area contributed by atoms with Crippen LogP contribution in [0.5, 0.6) is 0 Å². The Hall–Kier alpha value is -3.29. The van der Waals surface area contributed by atoms with Gasteiger partial charge in [-0.3, -0.25) is 0 Å². The molecule has 4 heteroatoms. The van der Waals surface area contributed by atoms with E-state index in [0.29, 0.717) is 5.30 Å². The Bertz CT molecular complexity index is 1550. The molecule has 0 amide bonds. The maximum absolute atomic E-state index is 13.7. The van der Waals surface area contributed by atoms with Gasteiger partial charge in [0.25, 0.3) is 0 Å². The summed E-state index contributed by atoms with van der Waals surface area (Å²) in [5, 5.41) is 6.85. The van der Waals surface area contributed by atoms with E-state index in [4.69, 9.17) is 6.30 Å². The van der Waals surface area contributed by atoms with E-state index in [0.717, 1.165) is 43.8 Å². The predicted octanol–water partition coefficient (Wildman–Crippen LogP) is 7.05. The van der Waals surface area contributed by atoms with Crippen LogP contribution in [0.4, 0.5) is 13.2 Å². The SMILES string of the molecule is C=P(c1cccc(C)c1)(c1cccc(C(F)(F)F)c1)c1cc2ccccc2c2ccccc12. The Balaban J connectivity index is 1.93. The Labute approximate surface area is 191 Å². The van der Waals surface area contributed by atoms with Gasteiger partial charge in [-0.1, -0.05) is 96.8 Å². The van der Waals surface area contributed by atoms with Gasteiger partial charge in [0.2, 0.25) is 0 Å². The molecule has 0 nitrogen and oxygen atoms in total. The molecule has 0 aliphatic carbocycles. The van der Waals surface area contributed by atoms with Crippen molar-refractivity contribution in [1.82, 2.24) is 0 Å². The smallest absolute Gasteiger partial charge is 0.166 e. The van der Waals surface area contributed by atoms with Crippen molar-refractivity contribution in [1.29, 1.82) is 0 Å². The van der Waals surface area contributed by atoms with Crippen molar-refractivity contribution in [3.8, 4) is 0 Å². The minimum atomic E-state index is -4.42. The second kappa shape index (κ2) is 7.93. The molecule has 0 bridgehead atoms. The lowest BCUT2D eigenvalue weighted by molar-refractivity contribution is -0.137. The first kappa shape index (κ1) is 21.6. The lowest BCUT2D eigenvalue weighted by Gasteiger charge is -2.29. The molecule has 0 aliphatic heterocycles. The third kappa shape index (κ3) is 3.67. The molecule has 0 spiro atoms. The summed E-state index contributed by atoms with van der Waals surface area (Å²) in [7, 11) is 0. The summed E-state index contributed by atoms with van der Waals surface area (Å²) >= 11 is 0. The fourth-order valence-corrected chi connectivity index (χ4v) is 7.85. The molecule has 1 unspecified atom stereocenters. The van der Waals surface area contributed by atoms with Gasteiger partial charge in [-0.15, -0.1) is 0 Å². The average Bonchev–Trinajstić information content (AvgIpc) is 2.82. The first-order valence-corrected chi connectivity index (χ1v) is 12.7. The second-order valence-electron chi connectivity index (χ2n) is 8.36. The summed E-state index contributed by atoms with van der Waals surface area (Å²) in [4.78, 5) is 0. The van der Waals surface area contributed by atoms with Gasteiger partial charge in [0.1, 0.15) is 0 Å². The molecule has 0 aliphatic rings. The molecule has 164 valence electrons. The Morgan fingerprint density at radius 1 is 0.636 bits per heavy atom. The van der Waals surface area contributed by atoms with Crippen LogP contribution in [-0.2, 0) is 6.18 Å².